The molecule has 0 bridgehead atoms. The third-order valence-corrected chi connectivity index (χ3v) is 22.5. The van der Waals surface area contributed by atoms with E-state index in [2.05, 4.69) is 41.5 Å². The number of esters is 4. The average molecular weight is 1540 g/mol. The number of phosphoric ester groups is 2. The first-order valence-electron chi connectivity index (χ1n) is 44.5. The number of carbonyl (C=O) groups excluding carboxylic acids is 4. The highest BCUT2D eigenvalue weighted by Gasteiger charge is 2.30. The van der Waals surface area contributed by atoms with Crippen LogP contribution >= 0.6 is 15.6 Å². The van der Waals surface area contributed by atoms with Crippen LogP contribution in [-0.2, 0) is 65.4 Å². The van der Waals surface area contributed by atoms with Crippen molar-refractivity contribution in [1.29, 1.82) is 0 Å². The number of hydrogen-bond acceptors (Lipinski definition) is 15. The third kappa shape index (κ3) is 78.5. The number of aliphatic hydroxyl groups excluding tert-OH is 1. The van der Waals surface area contributed by atoms with Crippen LogP contribution in [0.25, 0.3) is 0 Å². The van der Waals surface area contributed by atoms with Gasteiger partial charge in [-0.2, -0.15) is 0 Å². The van der Waals surface area contributed by atoms with Crippen LogP contribution in [0, 0.1) is 11.8 Å². The highest BCUT2D eigenvalue weighted by Crippen LogP contribution is 2.45. The first-order chi connectivity index (χ1) is 50.9. The summed E-state index contributed by atoms with van der Waals surface area (Å²) in [6.07, 6.45) is 69.4. The zero-order chi connectivity index (χ0) is 77.1. The van der Waals surface area contributed by atoms with E-state index in [4.69, 9.17) is 37.0 Å². The molecule has 0 rings (SSSR count). The van der Waals surface area contributed by atoms with Crippen LogP contribution in [0.2, 0.25) is 0 Å². The van der Waals surface area contributed by atoms with E-state index in [9.17, 15) is 43.2 Å². The predicted octanol–water partition coefficient (Wildman–Crippen LogP) is 26.2. The Labute approximate surface area is 645 Å². The van der Waals surface area contributed by atoms with Gasteiger partial charge in [-0.3, -0.25) is 37.3 Å². The van der Waals surface area contributed by atoms with Gasteiger partial charge >= 0.3 is 39.5 Å². The van der Waals surface area contributed by atoms with Crippen LogP contribution in [0.15, 0.2) is 0 Å². The number of unbranched alkanes of at least 4 members (excludes halogenated alkanes) is 54. The Morgan fingerprint density at radius 3 is 0.724 bits per heavy atom. The van der Waals surface area contributed by atoms with Gasteiger partial charge < -0.3 is 33.8 Å². The van der Waals surface area contributed by atoms with E-state index >= 15 is 0 Å². The fraction of sp³-hybridized carbons (Fsp3) is 0.953. The number of rotatable bonds is 85. The lowest BCUT2D eigenvalue weighted by atomic mass is 9.99. The molecule has 3 unspecified atom stereocenters. The smallest absolute Gasteiger partial charge is 0.462 e. The van der Waals surface area contributed by atoms with Crippen molar-refractivity contribution in [2.75, 3.05) is 39.6 Å². The van der Waals surface area contributed by atoms with Gasteiger partial charge in [0, 0.05) is 25.7 Å². The van der Waals surface area contributed by atoms with Crippen molar-refractivity contribution in [3.63, 3.8) is 0 Å². The quantitative estimate of drug-likeness (QED) is 0.0222. The standard InChI is InChI=1S/C86H168O17P2/c1-7-10-12-14-16-18-20-21-22-23-24-28-31-34-38-45-51-57-63-69-84(89)97-75-81(102-85(90)70-64-58-52-46-39-35-32-29-26-25-27-30-33-37-43-49-55-61-67-79(6)9-3)76-100-104(92,93)98-72-80(87)73-99-105(94,95)101-77-82(74-96-83(88)68-62-56-50-44-36-19-17-15-13-11-8-2)103-86(91)71-65-59-53-47-41-40-42-48-54-60-66-78(4)5/h78-82,87H,7-77H2,1-6H3,(H,92,93)(H,94,95)/t79?,80-,81-,82-/m1/s1. The largest absolute Gasteiger partial charge is 0.472 e. The van der Waals surface area contributed by atoms with Gasteiger partial charge in [0.1, 0.15) is 19.3 Å². The van der Waals surface area contributed by atoms with Crippen molar-refractivity contribution >= 4 is 39.5 Å². The minimum Gasteiger partial charge on any atom is -0.462 e. The molecule has 0 aromatic heterocycles. The van der Waals surface area contributed by atoms with Gasteiger partial charge in [-0.1, -0.05) is 408 Å². The second-order valence-corrected chi connectivity index (χ2v) is 34.6. The lowest BCUT2D eigenvalue weighted by molar-refractivity contribution is -0.161. The third-order valence-electron chi connectivity index (χ3n) is 20.6. The summed E-state index contributed by atoms with van der Waals surface area (Å²) in [5.41, 5.74) is 0. The number of aliphatic hydroxyl groups is 1. The summed E-state index contributed by atoms with van der Waals surface area (Å²) in [7, 11) is -9.93. The van der Waals surface area contributed by atoms with Crippen molar-refractivity contribution in [3.8, 4) is 0 Å². The summed E-state index contributed by atoms with van der Waals surface area (Å²) in [6, 6.07) is 0. The van der Waals surface area contributed by atoms with E-state index in [1.165, 1.54) is 276 Å². The molecule has 19 heteroatoms. The summed E-state index contributed by atoms with van der Waals surface area (Å²) in [6.45, 7) is 9.72. The number of carbonyl (C=O) groups is 4. The zero-order valence-electron chi connectivity index (χ0n) is 69.0. The lowest BCUT2D eigenvalue weighted by Gasteiger charge is -2.21. The van der Waals surface area contributed by atoms with Gasteiger partial charge in [-0.25, -0.2) is 9.13 Å². The minimum absolute atomic E-state index is 0.107. The maximum absolute atomic E-state index is 13.1. The fourth-order valence-electron chi connectivity index (χ4n) is 13.4. The van der Waals surface area contributed by atoms with Gasteiger partial charge in [0.15, 0.2) is 12.2 Å². The Balaban J connectivity index is 5.22. The van der Waals surface area contributed by atoms with Gasteiger partial charge in [0.05, 0.1) is 26.4 Å². The summed E-state index contributed by atoms with van der Waals surface area (Å²) in [4.78, 5) is 73.2. The molecular weight excluding hydrogens is 1370 g/mol. The molecule has 0 fully saturated rings. The molecule has 0 aliphatic rings. The molecule has 0 heterocycles. The number of phosphoric acid groups is 2. The van der Waals surface area contributed by atoms with Crippen molar-refractivity contribution in [1.82, 2.24) is 0 Å². The molecule has 6 atom stereocenters. The molecule has 0 aromatic carbocycles. The zero-order valence-corrected chi connectivity index (χ0v) is 70.8. The molecule has 0 aliphatic carbocycles. The molecule has 624 valence electrons. The molecule has 0 aliphatic heterocycles. The maximum atomic E-state index is 13.1. The van der Waals surface area contributed by atoms with Crippen LogP contribution in [-0.4, -0.2) is 96.7 Å². The molecule has 0 saturated heterocycles. The number of ether oxygens (including phenoxy) is 4. The van der Waals surface area contributed by atoms with Crippen LogP contribution in [0.1, 0.15) is 459 Å². The van der Waals surface area contributed by atoms with Crippen LogP contribution in [0.3, 0.4) is 0 Å². The Hall–Kier alpha value is -1.94. The van der Waals surface area contributed by atoms with Crippen molar-refractivity contribution in [2.45, 2.75) is 477 Å². The van der Waals surface area contributed by atoms with E-state index in [1.807, 2.05) is 0 Å². The molecule has 105 heavy (non-hydrogen) atoms. The normalized spacial score (nSPS) is 14.1. The van der Waals surface area contributed by atoms with Gasteiger partial charge in [0.25, 0.3) is 0 Å². The second-order valence-electron chi connectivity index (χ2n) is 31.6. The first kappa shape index (κ1) is 103. The molecule has 3 N–H and O–H groups in total. The van der Waals surface area contributed by atoms with Crippen molar-refractivity contribution in [3.05, 3.63) is 0 Å². The first-order valence-corrected chi connectivity index (χ1v) is 47.5. The van der Waals surface area contributed by atoms with Crippen molar-refractivity contribution < 1.29 is 80.2 Å². The van der Waals surface area contributed by atoms with Crippen LogP contribution in [0.4, 0.5) is 0 Å². The van der Waals surface area contributed by atoms with E-state index < -0.39 is 97.5 Å². The summed E-state index contributed by atoms with van der Waals surface area (Å²) < 4.78 is 68.9. The lowest BCUT2D eigenvalue weighted by Crippen LogP contribution is -2.30. The SMILES string of the molecule is CCCCCCCCCCCCCCCCCCCCCC(=O)OC[C@H](COP(=O)(O)OC[C@@H](O)COP(=O)(O)OC[C@@H](COC(=O)CCCCCCCCCCCCC)OC(=O)CCCCCCCCCCCCC(C)C)OC(=O)CCCCCCCCCCCCCCCCCCCCC(C)CC. The Morgan fingerprint density at radius 2 is 0.486 bits per heavy atom. The Morgan fingerprint density at radius 1 is 0.276 bits per heavy atom. The fourth-order valence-corrected chi connectivity index (χ4v) is 15.0. The predicted molar refractivity (Wildman–Crippen MR) is 432 cm³/mol. The Kier molecular flexibility index (Phi) is 76.0. The van der Waals surface area contributed by atoms with Gasteiger partial charge in [-0.15, -0.1) is 0 Å². The topological polar surface area (TPSA) is 237 Å². The van der Waals surface area contributed by atoms with Crippen LogP contribution < -0.4 is 0 Å². The highest BCUT2D eigenvalue weighted by atomic mass is 31.2. The molecule has 0 aromatic rings. The molecule has 0 saturated carbocycles. The summed E-state index contributed by atoms with van der Waals surface area (Å²) in [5, 5.41) is 10.7. The van der Waals surface area contributed by atoms with E-state index in [0.717, 1.165) is 102 Å². The van der Waals surface area contributed by atoms with Gasteiger partial charge in [0.2, 0.25) is 0 Å². The number of hydrogen-bond donors (Lipinski definition) is 3. The summed E-state index contributed by atoms with van der Waals surface area (Å²) >= 11 is 0. The minimum atomic E-state index is -4.97. The maximum Gasteiger partial charge on any atom is 0.472 e. The van der Waals surface area contributed by atoms with E-state index in [1.54, 1.807) is 0 Å². The molecule has 0 spiro atoms. The monoisotopic (exact) mass is 1540 g/mol. The summed E-state index contributed by atoms with van der Waals surface area (Å²) in [5.74, 6) is -0.479. The van der Waals surface area contributed by atoms with E-state index in [-0.39, 0.29) is 25.7 Å². The Bertz CT molecular complexity index is 2010. The van der Waals surface area contributed by atoms with Crippen LogP contribution in [0.5, 0.6) is 0 Å². The van der Waals surface area contributed by atoms with E-state index in [0.29, 0.717) is 25.7 Å². The average Bonchev–Trinajstić information content (AvgIpc) is 0.903. The molecule has 17 nitrogen and oxygen atoms in total. The highest BCUT2D eigenvalue weighted by molar-refractivity contribution is 7.47. The van der Waals surface area contributed by atoms with Gasteiger partial charge in [-0.05, 0) is 37.5 Å². The molecule has 0 radical (unpaired) electrons. The second kappa shape index (κ2) is 77.4. The molecule has 0 amide bonds. The van der Waals surface area contributed by atoms with Crippen molar-refractivity contribution in [2.24, 2.45) is 11.8 Å². The molecular formula is C86H168O17P2.